The highest BCUT2D eigenvalue weighted by Gasteiger charge is 2.16. The van der Waals surface area contributed by atoms with Gasteiger partial charge in [-0.05, 0) is 12.1 Å². The summed E-state index contributed by atoms with van der Waals surface area (Å²) >= 11 is 5.68. The Morgan fingerprint density at radius 2 is 2.30 bits per heavy atom. The van der Waals surface area contributed by atoms with E-state index in [1.54, 1.807) is 0 Å². The minimum atomic E-state index is -0.632. The molecule has 0 aromatic heterocycles. The van der Waals surface area contributed by atoms with Crippen LogP contribution < -0.4 is 5.32 Å². The normalized spacial score (nSPS) is 9.90. The number of urea groups is 1. The van der Waals surface area contributed by atoms with Crippen LogP contribution >= 0.6 is 11.6 Å². The third-order valence-electron chi connectivity index (χ3n) is 2.40. The summed E-state index contributed by atoms with van der Waals surface area (Å²) in [6.45, 7) is 3.70. The molecule has 0 saturated heterocycles. The van der Waals surface area contributed by atoms with E-state index in [-0.39, 0.29) is 36.1 Å². The second kappa shape index (κ2) is 7.46. The van der Waals surface area contributed by atoms with Crippen molar-refractivity contribution in [3.8, 4) is 0 Å². The number of rotatable bonds is 6. The van der Waals surface area contributed by atoms with Crippen molar-refractivity contribution in [1.82, 2.24) is 4.90 Å². The van der Waals surface area contributed by atoms with E-state index in [0.717, 1.165) is 0 Å². The number of hydrogen-bond donors (Lipinski definition) is 2. The fourth-order valence-electron chi connectivity index (χ4n) is 1.49. The van der Waals surface area contributed by atoms with Crippen molar-refractivity contribution in [1.29, 1.82) is 0 Å². The summed E-state index contributed by atoms with van der Waals surface area (Å²) < 4.78 is 0. The molecule has 0 heterocycles. The predicted molar refractivity (Wildman–Crippen MR) is 76.0 cm³/mol. The van der Waals surface area contributed by atoms with Crippen molar-refractivity contribution in [3.63, 3.8) is 0 Å². The Labute approximate surface area is 120 Å². The standard InChI is InChI=1S/C12H14ClN3O4/c1-2-5-15(6-7-17)12(18)14-9-3-4-10(13)11(8-9)16(19)20/h2-4,8,17H,1,5-7H2,(H,14,18). The first kappa shape index (κ1) is 15.9. The number of nitrogens with one attached hydrogen (secondary N) is 1. The molecule has 20 heavy (non-hydrogen) atoms. The summed E-state index contributed by atoms with van der Waals surface area (Å²) in [6.07, 6.45) is 1.51. The lowest BCUT2D eigenvalue weighted by molar-refractivity contribution is -0.384. The van der Waals surface area contributed by atoms with Crippen LogP contribution in [0.3, 0.4) is 0 Å². The van der Waals surface area contributed by atoms with Gasteiger partial charge in [-0.15, -0.1) is 6.58 Å². The quantitative estimate of drug-likeness (QED) is 0.478. The van der Waals surface area contributed by atoms with E-state index in [1.165, 1.54) is 29.2 Å². The lowest BCUT2D eigenvalue weighted by atomic mass is 10.3. The van der Waals surface area contributed by atoms with Crippen molar-refractivity contribution >= 4 is 29.0 Å². The van der Waals surface area contributed by atoms with Gasteiger partial charge in [0.05, 0.1) is 11.5 Å². The van der Waals surface area contributed by atoms with Crippen LogP contribution in [0.25, 0.3) is 0 Å². The van der Waals surface area contributed by atoms with Crippen molar-refractivity contribution in [3.05, 3.63) is 46.0 Å². The van der Waals surface area contributed by atoms with Gasteiger partial charge >= 0.3 is 6.03 Å². The van der Waals surface area contributed by atoms with Gasteiger partial charge in [0.25, 0.3) is 5.69 Å². The van der Waals surface area contributed by atoms with Crippen LogP contribution in [-0.2, 0) is 0 Å². The third kappa shape index (κ3) is 4.22. The smallest absolute Gasteiger partial charge is 0.322 e. The number of nitro groups is 1. The van der Waals surface area contributed by atoms with Crippen LogP contribution in [0.15, 0.2) is 30.9 Å². The molecule has 0 aliphatic rings. The highest BCUT2D eigenvalue weighted by Crippen LogP contribution is 2.27. The summed E-state index contributed by atoms with van der Waals surface area (Å²) in [6, 6.07) is 3.47. The van der Waals surface area contributed by atoms with E-state index in [9.17, 15) is 14.9 Å². The highest BCUT2D eigenvalue weighted by molar-refractivity contribution is 6.32. The Hall–Kier alpha value is -2.12. The second-order valence-electron chi connectivity index (χ2n) is 3.81. The topological polar surface area (TPSA) is 95.7 Å². The number of halogens is 1. The minimum absolute atomic E-state index is 0.00805. The maximum atomic E-state index is 11.9. The first-order valence-corrected chi connectivity index (χ1v) is 6.09. The summed E-state index contributed by atoms with van der Waals surface area (Å²) in [5, 5.41) is 22.1. The Bertz CT molecular complexity index is 521. The van der Waals surface area contributed by atoms with E-state index in [4.69, 9.17) is 16.7 Å². The summed E-state index contributed by atoms with van der Waals surface area (Å²) in [5.74, 6) is 0. The molecule has 7 nitrogen and oxygen atoms in total. The van der Waals surface area contributed by atoms with Gasteiger partial charge < -0.3 is 15.3 Å². The van der Waals surface area contributed by atoms with E-state index in [0.29, 0.717) is 0 Å². The molecule has 0 aliphatic carbocycles. The zero-order valence-corrected chi connectivity index (χ0v) is 11.3. The van der Waals surface area contributed by atoms with Gasteiger partial charge in [0, 0.05) is 24.8 Å². The van der Waals surface area contributed by atoms with Crippen LogP contribution in [0.2, 0.25) is 5.02 Å². The molecule has 1 aromatic rings. The number of carbonyl (C=O) groups is 1. The number of aliphatic hydroxyl groups excluding tert-OH is 1. The summed E-state index contributed by atoms with van der Waals surface area (Å²) in [5.41, 5.74) is -0.0417. The van der Waals surface area contributed by atoms with Crippen molar-refractivity contribution in [2.75, 3.05) is 25.0 Å². The molecule has 1 aromatic carbocycles. The van der Waals surface area contributed by atoms with Crippen molar-refractivity contribution in [2.24, 2.45) is 0 Å². The fraction of sp³-hybridized carbons (Fsp3) is 0.250. The van der Waals surface area contributed by atoms with Crippen LogP contribution in [0.1, 0.15) is 0 Å². The molecule has 0 spiro atoms. The molecule has 0 unspecified atom stereocenters. The molecule has 0 bridgehead atoms. The van der Waals surface area contributed by atoms with Gasteiger partial charge in [0.1, 0.15) is 5.02 Å². The number of hydrogen-bond acceptors (Lipinski definition) is 4. The molecule has 2 amide bonds. The lowest BCUT2D eigenvalue weighted by Gasteiger charge is -2.20. The molecule has 0 saturated carbocycles. The van der Waals surface area contributed by atoms with E-state index >= 15 is 0 Å². The molecule has 0 aliphatic heterocycles. The van der Waals surface area contributed by atoms with Gasteiger partial charge in [-0.3, -0.25) is 10.1 Å². The van der Waals surface area contributed by atoms with Crippen molar-refractivity contribution in [2.45, 2.75) is 0 Å². The molecule has 2 N–H and O–H groups in total. The number of anilines is 1. The number of nitrogens with zero attached hydrogens (tertiary/aromatic N) is 2. The minimum Gasteiger partial charge on any atom is -0.395 e. The molecular formula is C12H14ClN3O4. The highest BCUT2D eigenvalue weighted by atomic mass is 35.5. The SMILES string of the molecule is C=CCN(CCO)C(=O)Nc1ccc(Cl)c([N+](=O)[O-])c1. The predicted octanol–water partition coefficient (Wildman–Crippen LogP) is 2.26. The van der Waals surface area contributed by atoms with Gasteiger partial charge in [-0.25, -0.2) is 4.79 Å². The Balaban J connectivity index is 2.86. The first-order chi connectivity index (χ1) is 9.49. The number of nitro benzene ring substituents is 1. The number of benzene rings is 1. The second-order valence-corrected chi connectivity index (χ2v) is 4.22. The molecule has 108 valence electrons. The first-order valence-electron chi connectivity index (χ1n) is 5.71. The Morgan fingerprint density at radius 3 is 2.85 bits per heavy atom. The fourth-order valence-corrected chi connectivity index (χ4v) is 1.67. The van der Waals surface area contributed by atoms with E-state index < -0.39 is 11.0 Å². The van der Waals surface area contributed by atoms with Gasteiger partial charge in [0.2, 0.25) is 0 Å². The monoisotopic (exact) mass is 299 g/mol. The maximum Gasteiger partial charge on any atom is 0.322 e. The van der Waals surface area contributed by atoms with Crippen molar-refractivity contribution < 1.29 is 14.8 Å². The molecule has 0 fully saturated rings. The molecular weight excluding hydrogens is 286 g/mol. The van der Waals surface area contributed by atoms with Crippen LogP contribution in [0.5, 0.6) is 0 Å². The Kier molecular flexibility index (Phi) is 5.95. The van der Waals surface area contributed by atoms with Crippen LogP contribution in [0.4, 0.5) is 16.2 Å². The molecule has 1 rings (SSSR count). The number of carbonyl (C=O) groups excluding carboxylic acids is 1. The molecule has 8 heteroatoms. The number of aliphatic hydroxyl groups is 1. The summed E-state index contributed by atoms with van der Waals surface area (Å²) in [7, 11) is 0. The van der Waals surface area contributed by atoms with E-state index in [1.807, 2.05) is 0 Å². The lowest BCUT2D eigenvalue weighted by Crippen LogP contribution is -2.37. The molecule has 0 radical (unpaired) electrons. The maximum absolute atomic E-state index is 11.9. The average Bonchev–Trinajstić information content (AvgIpc) is 2.40. The molecule has 0 atom stereocenters. The van der Waals surface area contributed by atoms with E-state index in [2.05, 4.69) is 11.9 Å². The largest absolute Gasteiger partial charge is 0.395 e. The average molecular weight is 300 g/mol. The Morgan fingerprint density at radius 1 is 1.60 bits per heavy atom. The summed E-state index contributed by atoms with van der Waals surface area (Å²) in [4.78, 5) is 23.3. The van der Waals surface area contributed by atoms with Gasteiger partial charge in [-0.1, -0.05) is 17.7 Å². The van der Waals surface area contributed by atoms with Gasteiger partial charge in [-0.2, -0.15) is 0 Å². The zero-order chi connectivity index (χ0) is 15.1. The third-order valence-corrected chi connectivity index (χ3v) is 2.72. The zero-order valence-electron chi connectivity index (χ0n) is 10.6. The number of amides is 2. The van der Waals surface area contributed by atoms with Gasteiger partial charge in [0.15, 0.2) is 0 Å². The van der Waals surface area contributed by atoms with Crippen LogP contribution in [-0.4, -0.2) is 40.7 Å². The van der Waals surface area contributed by atoms with Crippen LogP contribution in [0, 0.1) is 10.1 Å².